The van der Waals surface area contributed by atoms with Crippen molar-refractivity contribution in [1.82, 2.24) is 0 Å². The first-order valence-corrected chi connectivity index (χ1v) is 28.3. The molecule has 0 heterocycles. The van der Waals surface area contributed by atoms with Gasteiger partial charge in [-0.3, -0.25) is 0 Å². The molecule has 4 aliphatic rings. The van der Waals surface area contributed by atoms with Gasteiger partial charge in [0.25, 0.3) is 0 Å². The third kappa shape index (κ3) is 8.55. The number of unbranched alkanes of at least 4 members (excludes halogenated alkanes) is 1. The minimum absolute atomic E-state index is 0. The number of benzene rings is 2. The van der Waals surface area contributed by atoms with Gasteiger partial charge in [0.05, 0.1) is 16.6 Å². The molecule has 0 spiro atoms. The molecule has 2 aromatic carbocycles. The molecule has 0 aromatic heterocycles. The summed E-state index contributed by atoms with van der Waals surface area (Å²) in [7, 11) is 7.63. The Hall–Kier alpha value is 0.817. The predicted molar refractivity (Wildman–Crippen MR) is 190 cm³/mol. The molecule has 0 amide bonds. The SMILES string of the molecule is CCCCC1CCC([SiH](c2ccccc2)[SiH](c2ccccc2)C2CCC3C(Br)C4CCCC4CC32)C1.[CH3-].[CH3-].[Cl][Zr+2][Cl]. The third-order valence-electron chi connectivity index (χ3n) is 11.3. The van der Waals surface area contributed by atoms with E-state index in [0.717, 1.165) is 45.5 Å². The topological polar surface area (TPSA) is 0 Å². The van der Waals surface area contributed by atoms with Crippen LogP contribution in [0, 0.1) is 44.4 Å². The molecule has 6 rings (SSSR count). The zero-order valence-electron chi connectivity index (χ0n) is 25.7. The molecule has 4 saturated carbocycles. The number of halogens is 3. The fourth-order valence-corrected chi connectivity index (χ4v) is 27.9. The summed E-state index contributed by atoms with van der Waals surface area (Å²) in [5.74, 6) is 4.97. The van der Waals surface area contributed by atoms with E-state index in [9.17, 15) is 0 Å². The number of rotatable bonds is 8. The molecule has 0 nitrogen and oxygen atoms in total. The summed E-state index contributed by atoms with van der Waals surface area (Å²) in [6.45, 7) is 2.37. The predicted octanol–water partition coefficient (Wildman–Crippen LogP) is 9.95. The van der Waals surface area contributed by atoms with E-state index in [4.69, 9.17) is 17.0 Å². The first-order chi connectivity index (χ1) is 19.2. The van der Waals surface area contributed by atoms with Crippen molar-refractivity contribution in [3.8, 4) is 0 Å². The fraction of sp³-hybridized carbons (Fsp3) is 0.600. The Morgan fingerprint density at radius 2 is 1.39 bits per heavy atom. The van der Waals surface area contributed by atoms with E-state index in [-0.39, 0.29) is 14.9 Å². The summed E-state index contributed by atoms with van der Waals surface area (Å²) in [6.07, 6.45) is 18.0. The second-order valence-corrected chi connectivity index (χ2v) is 27.5. The van der Waals surface area contributed by atoms with E-state index in [0.29, 0.717) is 0 Å². The molecule has 10 unspecified atom stereocenters. The Bertz CT molecular complexity index is 998. The summed E-state index contributed by atoms with van der Waals surface area (Å²) >= 11 is 3.52. The maximum atomic E-state index is 4.93. The van der Waals surface area contributed by atoms with E-state index in [1.807, 2.05) is 10.4 Å². The summed E-state index contributed by atoms with van der Waals surface area (Å²) < 4.78 is 0. The van der Waals surface area contributed by atoms with Gasteiger partial charge in [0.2, 0.25) is 0 Å². The van der Waals surface area contributed by atoms with Gasteiger partial charge in [-0.05, 0) is 59.9 Å². The van der Waals surface area contributed by atoms with Crippen molar-refractivity contribution in [2.45, 2.75) is 99.9 Å². The van der Waals surface area contributed by atoms with Crippen LogP contribution in [0.5, 0.6) is 0 Å². The first kappa shape index (κ1) is 36.3. The van der Waals surface area contributed by atoms with Crippen molar-refractivity contribution in [3.63, 3.8) is 0 Å². The first-order valence-electron chi connectivity index (χ1n) is 15.9. The van der Waals surface area contributed by atoms with Crippen molar-refractivity contribution in [2.24, 2.45) is 29.6 Å². The molecular formula is C35H53BrCl2Si2Zr. The fourth-order valence-electron chi connectivity index (χ4n) is 9.80. The third-order valence-corrected chi connectivity index (χ3v) is 26.9. The molecular weight excluding hydrogens is 719 g/mol. The van der Waals surface area contributed by atoms with Crippen molar-refractivity contribution in [3.05, 3.63) is 75.5 Å². The van der Waals surface area contributed by atoms with E-state index in [1.54, 1.807) is 12.8 Å². The molecule has 4 fully saturated rings. The summed E-state index contributed by atoms with van der Waals surface area (Å²) in [5, 5.41) is 3.66. The molecule has 0 N–H and O–H groups in total. The molecule has 0 bridgehead atoms. The van der Waals surface area contributed by atoms with E-state index >= 15 is 0 Å². The zero-order chi connectivity index (χ0) is 27.2. The minimum atomic E-state index is -1.14. The number of hydrogen-bond donors (Lipinski definition) is 0. The summed E-state index contributed by atoms with van der Waals surface area (Å²) in [4.78, 5) is 0.806. The van der Waals surface area contributed by atoms with Crippen LogP contribution in [0.4, 0.5) is 0 Å². The zero-order valence-corrected chi connectivity index (χ0v) is 33.5. The molecule has 41 heavy (non-hydrogen) atoms. The Morgan fingerprint density at radius 1 is 0.756 bits per heavy atom. The van der Waals surface area contributed by atoms with Gasteiger partial charge in [0.15, 0.2) is 0 Å². The Kier molecular flexibility index (Phi) is 16.0. The number of alkyl halides is 1. The monoisotopic (exact) mass is 768 g/mol. The van der Waals surface area contributed by atoms with Gasteiger partial charge < -0.3 is 14.9 Å². The van der Waals surface area contributed by atoms with E-state index in [2.05, 4.69) is 83.5 Å². The van der Waals surface area contributed by atoms with Crippen molar-refractivity contribution < 1.29 is 20.8 Å². The molecule has 226 valence electrons. The van der Waals surface area contributed by atoms with Crippen LogP contribution < -0.4 is 10.4 Å². The Morgan fingerprint density at radius 3 is 2.02 bits per heavy atom. The van der Waals surface area contributed by atoms with Gasteiger partial charge in [-0.2, -0.15) is 0 Å². The van der Waals surface area contributed by atoms with Crippen LogP contribution in [0.2, 0.25) is 11.1 Å². The summed E-state index contributed by atoms with van der Waals surface area (Å²) in [6, 6.07) is 24.3. The van der Waals surface area contributed by atoms with Gasteiger partial charge in [-0.1, -0.05) is 152 Å². The average Bonchev–Trinajstić information content (AvgIpc) is 3.73. The van der Waals surface area contributed by atoms with Crippen molar-refractivity contribution in [2.75, 3.05) is 0 Å². The van der Waals surface area contributed by atoms with Crippen molar-refractivity contribution in [1.29, 1.82) is 0 Å². The second kappa shape index (κ2) is 18.1. The van der Waals surface area contributed by atoms with Crippen LogP contribution in [-0.4, -0.2) is 21.5 Å². The van der Waals surface area contributed by atoms with E-state index in [1.165, 1.54) is 64.2 Å². The van der Waals surface area contributed by atoms with Gasteiger partial charge in [-0.25, -0.2) is 0 Å². The van der Waals surface area contributed by atoms with Gasteiger partial charge in [0, 0.05) is 4.83 Å². The molecule has 6 heteroatoms. The molecule has 0 aliphatic heterocycles. The Balaban J connectivity index is 0.000000887. The Labute approximate surface area is 283 Å². The van der Waals surface area contributed by atoms with Crippen LogP contribution in [0.15, 0.2) is 60.7 Å². The van der Waals surface area contributed by atoms with Crippen LogP contribution >= 0.6 is 33.0 Å². The van der Waals surface area contributed by atoms with Crippen LogP contribution in [0.25, 0.3) is 0 Å². The quantitative estimate of drug-likeness (QED) is 0.143. The average molecular weight is 772 g/mol. The van der Waals surface area contributed by atoms with Gasteiger partial charge >= 0.3 is 37.9 Å². The molecule has 0 saturated heterocycles. The van der Waals surface area contributed by atoms with Crippen molar-refractivity contribution >= 4 is 60.0 Å². The van der Waals surface area contributed by atoms with E-state index < -0.39 is 37.5 Å². The van der Waals surface area contributed by atoms with Gasteiger partial charge in [0.1, 0.15) is 0 Å². The van der Waals surface area contributed by atoms with Crippen LogP contribution in [0.3, 0.4) is 0 Å². The molecule has 10 atom stereocenters. The maximum absolute atomic E-state index is 4.93. The van der Waals surface area contributed by atoms with Crippen LogP contribution in [0.1, 0.15) is 84.0 Å². The number of fused-ring (bicyclic) bond motifs is 2. The van der Waals surface area contributed by atoms with Crippen LogP contribution in [-0.2, 0) is 20.8 Å². The standard InChI is InChI=1S/C33H47BrSi2.2CH3.2ClH.Zr/c1-2-3-11-24-18-19-28(22-24)35(26-13-6-4-7-14-26)36(27-15-8-5-9-16-27)32-21-20-30-31(32)23-25-12-10-17-29(25)33(30)34;;;;;/h4-9,13-16,24-25,28-33,35-36H,2-3,10-12,17-23H2,1H3;2*1H3;2*1H;/q;2*-1;;;+4/p-2. The summed E-state index contributed by atoms with van der Waals surface area (Å²) in [5.41, 5.74) is 2.07. The second-order valence-electron chi connectivity index (χ2n) is 13.1. The molecule has 2 aromatic rings. The molecule has 0 radical (unpaired) electrons. The van der Waals surface area contributed by atoms with Gasteiger partial charge in [-0.15, -0.1) is 0 Å². The number of hydrogen-bond acceptors (Lipinski definition) is 0. The normalized spacial score (nSPS) is 33.1. The molecule has 4 aliphatic carbocycles.